The molecule has 1 aromatic rings. The van der Waals surface area contributed by atoms with E-state index in [1.165, 1.54) is 5.56 Å². The van der Waals surface area contributed by atoms with Gasteiger partial charge in [-0.05, 0) is 43.5 Å². The first-order chi connectivity index (χ1) is 9.08. The van der Waals surface area contributed by atoms with E-state index in [0.29, 0.717) is 13.1 Å². The quantitative estimate of drug-likeness (QED) is 0.732. The first-order valence-electron chi connectivity index (χ1n) is 6.39. The van der Waals surface area contributed by atoms with Crippen molar-refractivity contribution < 1.29 is 9.53 Å². The standard InChI is InChI=1S/C15H22N2O2/c1-4-7-17-14(18)10-19-15-11(2)8-13(5-6-16)9-12(15)3/h4,8-9H,1,5-7,10,16H2,2-3H3,(H,17,18). The van der Waals surface area contributed by atoms with Crippen LogP contribution >= 0.6 is 0 Å². The van der Waals surface area contributed by atoms with E-state index in [0.717, 1.165) is 23.3 Å². The first kappa shape index (κ1) is 15.2. The summed E-state index contributed by atoms with van der Waals surface area (Å²) in [6.07, 6.45) is 2.48. The molecule has 0 aromatic heterocycles. The number of ether oxygens (including phenoxy) is 1. The molecule has 0 atom stereocenters. The van der Waals surface area contributed by atoms with E-state index in [-0.39, 0.29) is 12.5 Å². The molecule has 104 valence electrons. The second-order valence-electron chi connectivity index (χ2n) is 4.48. The lowest BCUT2D eigenvalue weighted by molar-refractivity contribution is -0.122. The second kappa shape index (κ2) is 7.59. The van der Waals surface area contributed by atoms with E-state index in [1.807, 2.05) is 13.8 Å². The zero-order valence-electron chi connectivity index (χ0n) is 11.7. The lowest BCUT2D eigenvalue weighted by Gasteiger charge is -2.13. The molecule has 1 rings (SSSR count). The zero-order valence-corrected chi connectivity index (χ0v) is 11.7. The Morgan fingerprint density at radius 3 is 2.58 bits per heavy atom. The number of amides is 1. The number of benzene rings is 1. The van der Waals surface area contributed by atoms with Crippen LogP contribution < -0.4 is 15.8 Å². The summed E-state index contributed by atoms with van der Waals surface area (Å²) in [6, 6.07) is 4.10. The Morgan fingerprint density at radius 1 is 1.42 bits per heavy atom. The highest BCUT2D eigenvalue weighted by Gasteiger charge is 2.08. The highest BCUT2D eigenvalue weighted by molar-refractivity contribution is 5.77. The van der Waals surface area contributed by atoms with Crippen molar-refractivity contribution in [3.8, 4) is 5.75 Å². The van der Waals surface area contributed by atoms with Gasteiger partial charge in [0.1, 0.15) is 5.75 Å². The summed E-state index contributed by atoms with van der Waals surface area (Å²) in [5.74, 6) is 0.624. The number of aryl methyl sites for hydroxylation is 2. The van der Waals surface area contributed by atoms with Gasteiger partial charge in [-0.15, -0.1) is 6.58 Å². The molecular weight excluding hydrogens is 240 g/mol. The average molecular weight is 262 g/mol. The number of carbonyl (C=O) groups is 1. The fourth-order valence-corrected chi connectivity index (χ4v) is 1.95. The number of hydrogen-bond acceptors (Lipinski definition) is 3. The number of hydrogen-bond donors (Lipinski definition) is 2. The molecule has 1 amide bonds. The summed E-state index contributed by atoms with van der Waals surface area (Å²) in [5, 5.41) is 2.67. The third-order valence-corrected chi connectivity index (χ3v) is 2.74. The Hall–Kier alpha value is -1.81. The van der Waals surface area contributed by atoms with Gasteiger partial charge in [0, 0.05) is 6.54 Å². The molecule has 0 spiro atoms. The molecular formula is C15H22N2O2. The SMILES string of the molecule is C=CCNC(=O)COc1c(C)cc(CCN)cc1C. The van der Waals surface area contributed by atoms with Crippen LogP contribution in [0.3, 0.4) is 0 Å². The molecule has 3 N–H and O–H groups in total. The van der Waals surface area contributed by atoms with Crippen LogP contribution in [-0.2, 0) is 11.2 Å². The Morgan fingerprint density at radius 2 is 2.05 bits per heavy atom. The van der Waals surface area contributed by atoms with Crippen LogP contribution in [0.2, 0.25) is 0 Å². The van der Waals surface area contributed by atoms with Crippen LogP contribution in [0.15, 0.2) is 24.8 Å². The van der Waals surface area contributed by atoms with Gasteiger partial charge >= 0.3 is 0 Å². The molecule has 0 aliphatic heterocycles. The van der Waals surface area contributed by atoms with E-state index >= 15 is 0 Å². The maximum Gasteiger partial charge on any atom is 0.258 e. The molecule has 4 nitrogen and oxygen atoms in total. The Labute approximate surface area is 114 Å². The van der Waals surface area contributed by atoms with Gasteiger partial charge in [0.25, 0.3) is 5.91 Å². The first-order valence-corrected chi connectivity index (χ1v) is 6.39. The monoisotopic (exact) mass is 262 g/mol. The van der Waals surface area contributed by atoms with Crippen molar-refractivity contribution in [1.82, 2.24) is 5.32 Å². The van der Waals surface area contributed by atoms with Gasteiger partial charge in [0.05, 0.1) is 0 Å². The van der Waals surface area contributed by atoms with Gasteiger partial charge in [-0.3, -0.25) is 4.79 Å². The van der Waals surface area contributed by atoms with Crippen molar-refractivity contribution in [2.45, 2.75) is 20.3 Å². The summed E-state index contributed by atoms with van der Waals surface area (Å²) < 4.78 is 5.58. The van der Waals surface area contributed by atoms with Crippen LogP contribution in [0.5, 0.6) is 5.75 Å². The van der Waals surface area contributed by atoms with Crippen molar-refractivity contribution >= 4 is 5.91 Å². The van der Waals surface area contributed by atoms with Crippen molar-refractivity contribution in [3.63, 3.8) is 0 Å². The van der Waals surface area contributed by atoms with Gasteiger partial charge in [-0.1, -0.05) is 18.2 Å². The summed E-state index contributed by atoms with van der Waals surface area (Å²) in [5.41, 5.74) is 8.80. The molecule has 0 saturated carbocycles. The average Bonchev–Trinajstić information content (AvgIpc) is 2.35. The lowest BCUT2D eigenvalue weighted by atomic mass is 10.0. The van der Waals surface area contributed by atoms with E-state index in [4.69, 9.17) is 10.5 Å². The minimum absolute atomic E-state index is 0.0196. The molecule has 0 aliphatic rings. The highest BCUT2D eigenvalue weighted by Crippen LogP contribution is 2.24. The van der Waals surface area contributed by atoms with Crippen LogP contribution in [0.25, 0.3) is 0 Å². The van der Waals surface area contributed by atoms with Crippen molar-refractivity contribution in [1.29, 1.82) is 0 Å². The summed E-state index contributed by atoms with van der Waals surface area (Å²) in [7, 11) is 0. The number of rotatable bonds is 7. The van der Waals surface area contributed by atoms with E-state index in [9.17, 15) is 4.79 Å². The van der Waals surface area contributed by atoms with Crippen LogP contribution in [0, 0.1) is 13.8 Å². The van der Waals surface area contributed by atoms with E-state index < -0.39 is 0 Å². The minimum Gasteiger partial charge on any atom is -0.483 e. The van der Waals surface area contributed by atoms with Gasteiger partial charge in [0.2, 0.25) is 0 Å². The molecule has 0 fully saturated rings. The topological polar surface area (TPSA) is 64.3 Å². The molecule has 0 heterocycles. The van der Waals surface area contributed by atoms with Gasteiger partial charge in [0.15, 0.2) is 6.61 Å². The van der Waals surface area contributed by atoms with Gasteiger partial charge < -0.3 is 15.8 Å². The third kappa shape index (κ3) is 4.75. The molecule has 0 aliphatic carbocycles. The fourth-order valence-electron chi connectivity index (χ4n) is 1.95. The minimum atomic E-state index is -0.148. The molecule has 0 saturated heterocycles. The summed E-state index contributed by atoms with van der Waals surface area (Å²) >= 11 is 0. The van der Waals surface area contributed by atoms with Crippen LogP contribution in [0.4, 0.5) is 0 Å². The van der Waals surface area contributed by atoms with Crippen molar-refractivity contribution in [3.05, 3.63) is 41.5 Å². The smallest absolute Gasteiger partial charge is 0.258 e. The number of nitrogens with one attached hydrogen (secondary N) is 1. The predicted octanol–water partition coefficient (Wildman–Crippen LogP) is 1.49. The maximum atomic E-state index is 11.5. The van der Waals surface area contributed by atoms with Crippen LogP contribution in [0.1, 0.15) is 16.7 Å². The summed E-state index contributed by atoms with van der Waals surface area (Å²) in [6.45, 7) is 8.59. The van der Waals surface area contributed by atoms with Gasteiger partial charge in [-0.2, -0.15) is 0 Å². The molecule has 0 bridgehead atoms. The highest BCUT2D eigenvalue weighted by atomic mass is 16.5. The second-order valence-corrected chi connectivity index (χ2v) is 4.48. The van der Waals surface area contributed by atoms with Crippen LogP contribution in [-0.4, -0.2) is 25.6 Å². The molecule has 0 radical (unpaired) electrons. The molecule has 19 heavy (non-hydrogen) atoms. The third-order valence-electron chi connectivity index (χ3n) is 2.74. The molecule has 4 heteroatoms. The van der Waals surface area contributed by atoms with E-state index in [1.54, 1.807) is 6.08 Å². The van der Waals surface area contributed by atoms with E-state index in [2.05, 4.69) is 24.0 Å². The number of carbonyl (C=O) groups excluding carboxylic acids is 1. The zero-order chi connectivity index (χ0) is 14.3. The van der Waals surface area contributed by atoms with Gasteiger partial charge in [-0.25, -0.2) is 0 Å². The fraction of sp³-hybridized carbons (Fsp3) is 0.400. The maximum absolute atomic E-state index is 11.5. The summed E-state index contributed by atoms with van der Waals surface area (Å²) in [4.78, 5) is 11.5. The normalized spacial score (nSPS) is 10.1. The Balaban J connectivity index is 2.68. The largest absolute Gasteiger partial charge is 0.483 e. The molecule has 0 unspecified atom stereocenters. The Kier molecular flexibility index (Phi) is 6.09. The molecule has 1 aromatic carbocycles. The van der Waals surface area contributed by atoms with Crippen molar-refractivity contribution in [2.75, 3.05) is 19.7 Å². The lowest BCUT2D eigenvalue weighted by Crippen LogP contribution is -2.29. The number of nitrogens with two attached hydrogens (primary N) is 1. The van der Waals surface area contributed by atoms with Crippen molar-refractivity contribution in [2.24, 2.45) is 5.73 Å². The predicted molar refractivity (Wildman–Crippen MR) is 77.4 cm³/mol. The Bertz CT molecular complexity index is 432.